The normalized spacial score (nSPS) is 15.9. The van der Waals surface area contributed by atoms with Gasteiger partial charge in [-0.25, -0.2) is 4.98 Å². The van der Waals surface area contributed by atoms with Gasteiger partial charge in [0.25, 0.3) is 11.8 Å². The quantitative estimate of drug-likeness (QED) is 0.590. The van der Waals surface area contributed by atoms with E-state index in [1.165, 1.54) is 22.5 Å². The number of aryl methyl sites for hydroxylation is 1. The van der Waals surface area contributed by atoms with Gasteiger partial charge in [0.15, 0.2) is 10.9 Å². The number of rotatable bonds is 6. The van der Waals surface area contributed by atoms with Gasteiger partial charge >= 0.3 is 0 Å². The van der Waals surface area contributed by atoms with Crippen LogP contribution in [0.25, 0.3) is 0 Å². The molecule has 1 aliphatic heterocycles. The molecule has 0 bridgehead atoms. The molecular weight excluding hydrogens is 426 g/mol. The van der Waals surface area contributed by atoms with E-state index in [4.69, 9.17) is 20.8 Å². The highest BCUT2D eigenvalue weighted by molar-refractivity contribution is 7.16. The second-order valence-electron chi connectivity index (χ2n) is 6.89. The molecule has 0 spiro atoms. The topological polar surface area (TPSA) is 84.7 Å². The van der Waals surface area contributed by atoms with Crippen LogP contribution in [-0.2, 0) is 4.74 Å². The van der Waals surface area contributed by atoms with Crippen molar-refractivity contribution in [1.82, 2.24) is 4.98 Å². The average molecular weight is 446 g/mol. The lowest BCUT2D eigenvalue weighted by Gasteiger charge is -2.22. The average Bonchev–Trinajstić information content (AvgIpc) is 3.49. The molecule has 4 rings (SSSR count). The molecule has 0 aliphatic carbocycles. The summed E-state index contributed by atoms with van der Waals surface area (Å²) in [6.45, 7) is 2.84. The van der Waals surface area contributed by atoms with E-state index in [0.29, 0.717) is 33.9 Å². The number of amides is 2. The smallest absolute Gasteiger partial charge is 0.295 e. The third kappa shape index (κ3) is 4.56. The molecule has 30 heavy (non-hydrogen) atoms. The van der Waals surface area contributed by atoms with Crippen molar-refractivity contribution in [3.63, 3.8) is 0 Å². The fraction of sp³-hybridized carbons (Fsp3) is 0.286. The minimum absolute atomic E-state index is 0.0699. The van der Waals surface area contributed by atoms with Crippen LogP contribution in [0.15, 0.2) is 47.1 Å². The lowest BCUT2D eigenvalue weighted by atomic mass is 10.2. The molecule has 0 saturated carbocycles. The number of aromatic nitrogens is 1. The minimum atomic E-state index is -0.347. The van der Waals surface area contributed by atoms with Crippen molar-refractivity contribution >= 4 is 45.6 Å². The van der Waals surface area contributed by atoms with Gasteiger partial charge in [0.2, 0.25) is 0 Å². The summed E-state index contributed by atoms with van der Waals surface area (Å²) in [5.74, 6) is -0.443. The van der Waals surface area contributed by atoms with Crippen LogP contribution < -0.4 is 10.2 Å². The van der Waals surface area contributed by atoms with Crippen molar-refractivity contribution in [2.24, 2.45) is 0 Å². The molecule has 3 aromatic rings. The maximum atomic E-state index is 13.0. The van der Waals surface area contributed by atoms with Crippen molar-refractivity contribution in [3.8, 4) is 0 Å². The number of carbonyl (C=O) groups is 2. The summed E-state index contributed by atoms with van der Waals surface area (Å²) in [6.07, 6.45) is 3.21. The lowest BCUT2D eigenvalue weighted by Crippen LogP contribution is -2.37. The zero-order valence-electron chi connectivity index (χ0n) is 16.3. The molecule has 1 aromatic carbocycles. The Bertz CT molecular complexity index is 1030. The first-order chi connectivity index (χ1) is 14.5. The van der Waals surface area contributed by atoms with Crippen LogP contribution in [-0.4, -0.2) is 36.1 Å². The van der Waals surface area contributed by atoms with Crippen molar-refractivity contribution in [3.05, 3.63) is 64.0 Å². The second kappa shape index (κ2) is 8.99. The van der Waals surface area contributed by atoms with E-state index < -0.39 is 0 Å². The summed E-state index contributed by atoms with van der Waals surface area (Å²) >= 11 is 7.18. The van der Waals surface area contributed by atoms with Crippen LogP contribution in [0.2, 0.25) is 5.02 Å². The van der Waals surface area contributed by atoms with Gasteiger partial charge in [-0.1, -0.05) is 11.6 Å². The summed E-state index contributed by atoms with van der Waals surface area (Å²) < 4.78 is 11.0. The molecule has 1 saturated heterocycles. The zero-order valence-corrected chi connectivity index (χ0v) is 17.8. The Morgan fingerprint density at radius 3 is 2.77 bits per heavy atom. The predicted molar refractivity (Wildman–Crippen MR) is 116 cm³/mol. The van der Waals surface area contributed by atoms with Crippen LogP contribution in [0.1, 0.15) is 38.8 Å². The van der Waals surface area contributed by atoms with E-state index >= 15 is 0 Å². The first kappa shape index (κ1) is 20.6. The van der Waals surface area contributed by atoms with E-state index in [1.54, 1.807) is 43.3 Å². The third-order valence-corrected chi connectivity index (χ3v) is 5.97. The van der Waals surface area contributed by atoms with Crippen LogP contribution >= 0.6 is 22.9 Å². The maximum Gasteiger partial charge on any atom is 0.295 e. The molecule has 0 unspecified atom stereocenters. The van der Waals surface area contributed by atoms with Crippen molar-refractivity contribution in [1.29, 1.82) is 0 Å². The van der Waals surface area contributed by atoms with Gasteiger partial charge < -0.3 is 14.5 Å². The highest BCUT2D eigenvalue weighted by Gasteiger charge is 2.29. The van der Waals surface area contributed by atoms with Crippen molar-refractivity contribution in [2.75, 3.05) is 23.4 Å². The third-order valence-electron chi connectivity index (χ3n) is 4.72. The molecule has 7 nitrogen and oxygen atoms in total. The number of hydrogen-bond donors (Lipinski definition) is 1. The maximum absolute atomic E-state index is 13.0. The molecule has 1 atom stereocenters. The molecule has 2 amide bonds. The lowest BCUT2D eigenvalue weighted by molar-refractivity contribution is 0.0894. The summed E-state index contributed by atoms with van der Waals surface area (Å²) in [7, 11) is 0. The Morgan fingerprint density at radius 1 is 1.30 bits per heavy atom. The Kier molecular flexibility index (Phi) is 6.17. The van der Waals surface area contributed by atoms with Crippen LogP contribution in [0.3, 0.4) is 0 Å². The number of nitrogens with one attached hydrogen (secondary N) is 1. The Balaban J connectivity index is 1.58. The Hall–Kier alpha value is -2.68. The molecule has 1 fully saturated rings. The monoisotopic (exact) mass is 445 g/mol. The predicted octanol–water partition coefficient (Wildman–Crippen LogP) is 4.78. The number of benzene rings is 1. The highest BCUT2D eigenvalue weighted by atomic mass is 35.5. The SMILES string of the molecule is Cc1sc(N(C[C@H]2CCCO2)C(=O)c2ccco2)nc1C(=O)Nc1ccc(Cl)cc1. The zero-order chi connectivity index (χ0) is 21.1. The van der Waals surface area contributed by atoms with Crippen molar-refractivity contribution < 1.29 is 18.7 Å². The molecule has 9 heteroatoms. The first-order valence-electron chi connectivity index (χ1n) is 9.52. The molecule has 1 N–H and O–H groups in total. The number of nitrogens with zero attached hydrogens (tertiary/aromatic N) is 2. The van der Waals surface area contributed by atoms with Gasteiger partial charge in [0.05, 0.1) is 18.9 Å². The van der Waals surface area contributed by atoms with E-state index in [0.717, 1.165) is 12.8 Å². The van der Waals surface area contributed by atoms with Gasteiger partial charge in [-0.05, 0) is 56.2 Å². The molecule has 1 aliphatic rings. The van der Waals surface area contributed by atoms with Gasteiger partial charge in [-0.3, -0.25) is 14.5 Å². The number of ether oxygens (including phenoxy) is 1. The fourth-order valence-electron chi connectivity index (χ4n) is 3.21. The van der Waals surface area contributed by atoms with E-state index in [1.807, 2.05) is 0 Å². The van der Waals surface area contributed by atoms with Crippen molar-refractivity contribution in [2.45, 2.75) is 25.9 Å². The van der Waals surface area contributed by atoms with Gasteiger partial charge in [0.1, 0.15) is 5.69 Å². The number of anilines is 2. The van der Waals surface area contributed by atoms with Crippen LogP contribution in [0.5, 0.6) is 0 Å². The minimum Gasteiger partial charge on any atom is -0.459 e. The molecule has 3 heterocycles. The van der Waals surface area contributed by atoms with Gasteiger partial charge in [0, 0.05) is 22.2 Å². The Morgan fingerprint density at radius 2 is 2.10 bits per heavy atom. The number of halogens is 1. The standard InChI is InChI=1S/C21H20ClN3O4S/c1-13-18(19(26)23-15-8-6-14(22)7-9-15)24-21(30-13)25(12-16-4-2-10-28-16)20(27)17-5-3-11-29-17/h3,5-9,11,16H,2,4,10,12H2,1H3,(H,23,26)/t16-/m1/s1. The number of hydrogen-bond acceptors (Lipinski definition) is 6. The molecule has 156 valence electrons. The first-order valence-corrected chi connectivity index (χ1v) is 10.7. The number of carbonyl (C=O) groups excluding carboxylic acids is 2. The van der Waals surface area contributed by atoms with E-state index in [2.05, 4.69) is 10.3 Å². The van der Waals surface area contributed by atoms with Gasteiger partial charge in [-0.15, -0.1) is 11.3 Å². The summed E-state index contributed by atoms with van der Waals surface area (Å²) in [6, 6.07) is 10.1. The summed E-state index contributed by atoms with van der Waals surface area (Å²) in [5.41, 5.74) is 0.885. The fourth-order valence-corrected chi connectivity index (χ4v) is 4.24. The highest BCUT2D eigenvalue weighted by Crippen LogP contribution is 2.29. The van der Waals surface area contributed by atoms with Gasteiger partial charge in [-0.2, -0.15) is 0 Å². The number of thiazole rings is 1. The molecular formula is C21H20ClN3O4S. The summed E-state index contributed by atoms with van der Waals surface area (Å²) in [4.78, 5) is 32.5. The molecule has 2 aromatic heterocycles. The van der Waals surface area contributed by atoms with Crippen LogP contribution in [0.4, 0.5) is 10.8 Å². The second-order valence-corrected chi connectivity index (χ2v) is 8.51. The Labute approximate surface area is 182 Å². The van der Waals surface area contributed by atoms with E-state index in [9.17, 15) is 9.59 Å². The van der Waals surface area contributed by atoms with E-state index in [-0.39, 0.29) is 29.4 Å². The molecule has 0 radical (unpaired) electrons. The number of furan rings is 1. The summed E-state index contributed by atoms with van der Waals surface area (Å²) in [5, 5.41) is 3.83. The largest absolute Gasteiger partial charge is 0.459 e. The van der Waals surface area contributed by atoms with Crippen LogP contribution in [0, 0.1) is 6.92 Å².